The van der Waals surface area contributed by atoms with Crippen LogP contribution >= 0.6 is 12.2 Å². The lowest BCUT2D eigenvalue weighted by Gasteiger charge is -2.39. The highest BCUT2D eigenvalue weighted by Crippen LogP contribution is 2.56. The van der Waals surface area contributed by atoms with Crippen molar-refractivity contribution in [3.05, 3.63) is 76.3 Å². The van der Waals surface area contributed by atoms with E-state index in [0.717, 1.165) is 5.57 Å². The van der Waals surface area contributed by atoms with Crippen LogP contribution in [0.25, 0.3) is 0 Å². The summed E-state index contributed by atoms with van der Waals surface area (Å²) < 4.78 is 11.9. The molecular weight excluding hydrogens is 378 g/mol. The largest absolute Gasteiger partial charge is 0.512 e. The van der Waals surface area contributed by atoms with E-state index in [1.54, 1.807) is 24.3 Å². The topological polar surface area (TPSA) is 88.4 Å². The van der Waals surface area contributed by atoms with E-state index in [4.69, 9.17) is 9.47 Å². The third kappa shape index (κ3) is 2.17. The van der Waals surface area contributed by atoms with Crippen LogP contribution in [-0.4, -0.2) is 21.3 Å². The normalized spacial score (nSPS) is 21.7. The van der Waals surface area contributed by atoms with Gasteiger partial charge in [0, 0.05) is 35.3 Å². The van der Waals surface area contributed by atoms with Gasteiger partial charge in [0.2, 0.25) is 0 Å². The maximum Gasteiger partial charge on any atom is 0.340 e. The summed E-state index contributed by atoms with van der Waals surface area (Å²) in [5.41, 5.74) is 1.76. The van der Waals surface area contributed by atoms with Crippen LogP contribution in [0, 0.1) is 0 Å². The first-order valence-electron chi connectivity index (χ1n) is 8.63. The molecule has 7 heteroatoms. The number of aliphatic hydroxyl groups excluding tert-OH is 1. The third-order valence-electron chi connectivity index (χ3n) is 5.24. The highest BCUT2D eigenvalue weighted by Gasteiger charge is 2.54. The molecule has 0 amide bonds. The number of carbonyl (C=O) groups excluding carboxylic acids is 1. The van der Waals surface area contributed by atoms with Crippen LogP contribution in [0.1, 0.15) is 34.3 Å². The molecule has 1 unspecified atom stereocenters. The second kappa shape index (κ2) is 5.79. The molecule has 0 bridgehead atoms. The number of isothiocyanates is 1. The van der Waals surface area contributed by atoms with Crippen LogP contribution in [0.5, 0.6) is 11.5 Å². The minimum atomic E-state index is -1.18. The van der Waals surface area contributed by atoms with Gasteiger partial charge in [0.1, 0.15) is 17.3 Å². The van der Waals surface area contributed by atoms with Gasteiger partial charge in [-0.1, -0.05) is 6.07 Å². The molecule has 2 aliphatic heterocycles. The first-order valence-corrected chi connectivity index (χ1v) is 9.04. The first kappa shape index (κ1) is 16.7. The number of hydrogen-bond acceptors (Lipinski definition) is 7. The Balaban J connectivity index is 1.84. The van der Waals surface area contributed by atoms with E-state index in [1.165, 1.54) is 18.2 Å². The maximum atomic E-state index is 12.8. The smallest absolute Gasteiger partial charge is 0.340 e. The quantitative estimate of drug-likeness (QED) is 0.425. The van der Waals surface area contributed by atoms with Crippen molar-refractivity contribution >= 4 is 29.0 Å². The molecule has 6 nitrogen and oxygen atoms in total. The first-order chi connectivity index (χ1) is 13.5. The Bertz CT molecular complexity index is 1180. The fraction of sp³-hybridized carbons (Fsp3) is 0.143. The zero-order chi connectivity index (χ0) is 19.5. The monoisotopic (exact) mass is 391 g/mol. The van der Waals surface area contributed by atoms with Gasteiger partial charge in [-0.25, -0.2) is 4.79 Å². The summed E-state index contributed by atoms with van der Waals surface area (Å²) in [7, 11) is 0. The van der Waals surface area contributed by atoms with Gasteiger partial charge in [-0.05, 0) is 42.9 Å². The molecule has 0 aromatic heterocycles. The predicted octanol–water partition coefficient (Wildman–Crippen LogP) is 4.42. The van der Waals surface area contributed by atoms with Crippen LogP contribution in [0.15, 0.2) is 64.6 Å². The van der Waals surface area contributed by atoms with Crippen molar-refractivity contribution < 1.29 is 24.5 Å². The van der Waals surface area contributed by atoms with Gasteiger partial charge < -0.3 is 19.7 Å². The molecule has 1 aliphatic carbocycles. The number of carbonyl (C=O) groups is 1. The van der Waals surface area contributed by atoms with Crippen LogP contribution in [0.4, 0.5) is 5.69 Å². The number of thiocarbonyl (C=S) groups is 1. The number of ether oxygens (including phenoxy) is 2. The van der Waals surface area contributed by atoms with E-state index < -0.39 is 11.6 Å². The molecule has 2 aromatic rings. The Morgan fingerprint density at radius 1 is 1.11 bits per heavy atom. The molecule has 1 atom stereocenters. The molecule has 138 valence electrons. The lowest BCUT2D eigenvalue weighted by Crippen LogP contribution is -2.36. The van der Waals surface area contributed by atoms with Gasteiger partial charge in [0.05, 0.1) is 22.2 Å². The third-order valence-corrected chi connectivity index (χ3v) is 5.33. The molecule has 0 radical (unpaired) electrons. The molecule has 2 N–H and O–H groups in total. The lowest BCUT2D eigenvalue weighted by molar-refractivity contribution is 0.0188. The maximum absolute atomic E-state index is 12.8. The Morgan fingerprint density at radius 3 is 2.75 bits per heavy atom. The SMILES string of the molecule is O=C1OC2(C3=C(C=C(O)CC3)Oc3cc(O)ccc32)c2ccc(N=C=S)cc21. The van der Waals surface area contributed by atoms with Gasteiger partial charge in [0.25, 0.3) is 0 Å². The number of aromatic hydroxyl groups is 1. The van der Waals surface area contributed by atoms with E-state index in [9.17, 15) is 15.0 Å². The van der Waals surface area contributed by atoms with Gasteiger partial charge in [-0.15, -0.1) is 0 Å². The highest BCUT2D eigenvalue weighted by molar-refractivity contribution is 7.78. The molecule has 0 fully saturated rings. The van der Waals surface area contributed by atoms with Gasteiger partial charge >= 0.3 is 5.97 Å². The number of phenolic OH excluding ortho intramolecular Hbond substituents is 1. The van der Waals surface area contributed by atoms with E-state index >= 15 is 0 Å². The summed E-state index contributed by atoms with van der Waals surface area (Å²) in [4.78, 5) is 16.8. The van der Waals surface area contributed by atoms with Gasteiger partial charge in [-0.3, -0.25) is 0 Å². The molecular formula is C21H13NO5S. The number of rotatable bonds is 1. The number of allylic oxidation sites excluding steroid dienone is 2. The number of benzene rings is 2. The number of hydrogen-bond donors (Lipinski definition) is 2. The van der Waals surface area contributed by atoms with Crippen molar-refractivity contribution in [2.45, 2.75) is 18.4 Å². The number of aliphatic hydroxyl groups is 1. The fourth-order valence-electron chi connectivity index (χ4n) is 4.10. The second-order valence-electron chi connectivity index (χ2n) is 6.76. The van der Waals surface area contributed by atoms with E-state index in [2.05, 4.69) is 22.4 Å². The van der Waals surface area contributed by atoms with Crippen molar-refractivity contribution in [1.82, 2.24) is 0 Å². The summed E-state index contributed by atoms with van der Waals surface area (Å²) >= 11 is 4.65. The minimum Gasteiger partial charge on any atom is -0.512 e. The van der Waals surface area contributed by atoms with Crippen LogP contribution < -0.4 is 4.74 Å². The summed E-state index contributed by atoms with van der Waals surface area (Å²) in [6.07, 6.45) is 2.41. The Labute approximate surface area is 165 Å². The van der Waals surface area contributed by atoms with E-state index in [0.29, 0.717) is 46.7 Å². The molecule has 5 rings (SSSR count). The zero-order valence-corrected chi connectivity index (χ0v) is 15.2. The average molecular weight is 391 g/mol. The standard InChI is InChI=1S/C21H13NO5S/c23-12-2-5-16-18(8-12)26-19-9-13(24)3-6-17(19)21(16)15-4-1-11(22-10-28)7-14(15)20(25)27-21/h1-2,4-5,7-9,23-24H,3,6H2. The Morgan fingerprint density at radius 2 is 1.93 bits per heavy atom. The van der Waals surface area contributed by atoms with Gasteiger partial charge in [-0.2, -0.15) is 4.99 Å². The van der Waals surface area contributed by atoms with Crippen molar-refractivity contribution in [3.8, 4) is 11.5 Å². The molecule has 28 heavy (non-hydrogen) atoms. The number of esters is 1. The van der Waals surface area contributed by atoms with Crippen molar-refractivity contribution in [3.63, 3.8) is 0 Å². The lowest BCUT2D eigenvalue weighted by atomic mass is 9.74. The van der Waals surface area contributed by atoms with Crippen LogP contribution in [-0.2, 0) is 10.3 Å². The van der Waals surface area contributed by atoms with Crippen molar-refractivity contribution in [1.29, 1.82) is 0 Å². The Hall–Kier alpha value is -3.41. The second-order valence-corrected chi connectivity index (χ2v) is 6.95. The summed E-state index contributed by atoms with van der Waals surface area (Å²) in [6, 6.07) is 9.85. The highest BCUT2D eigenvalue weighted by atomic mass is 32.1. The number of phenols is 1. The average Bonchev–Trinajstić information content (AvgIpc) is 2.94. The fourth-order valence-corrected chi connectivity index (χ4v) is 4.20. The zero-order valence-electron chi connectivity index (χ0n) is 14.4. The Kier molecular flexibility index (Phi) is 3.46. The van der Waals surface area contributed by atoms with Gasteiger partial charge in [0.15, 0.2) is 5.60 Å². The molecule has 0 saturated carbocycles. The molecule has 0 saturated heterocycles. The molecule has 2 heterocycles. The van der Waals surface area contributed by atoms with Crippen LogP contribution in [0.3, 0.4) is 0 Å². The summed E-state index contributed by atoms with van der Waals surface area (Å²) in [5, 5.41) is 22.2. The number of nitrogens with zero attached hydrogens (tertiary/aromatic N) is 1. The molecule has 3 aliphatic rings. The molecule has 1 spiro atoms. The van der Waals surface area contributed by atoms with E-state index in [-0.39, 0.29) is 11.5 Å². The van der Waals surface area contributed by atoms with Crippen LogP contribution in [0.2, 0.25) is 0 Å². The van der Waals surface area contributed by atoms with Crippen molar-refractivity contribution in [2.24, 2.45) is 4.99 Å². The van der Waals surface area contributed by atoms with E-state index in [1.807, 2.05) is 0 Å². The predicted molar refractivity (Wildman–Crippen MR) is 103 cm³/mol. The summed E-state index contributed by atoms with van der Waals surface area (Å²) in [6.45, 7) is 0. The number of aliphatic imine (C=N–C) groups is 1. The summed E-state index contributed by atoms with van der Waals surface area (Å²) in [5.74, 6) is 0.516. The van der Waals surface area contributed by atoms with Crippen molar-refractivity contribution in [2.75, 3.05) is 0 Å². The number of fused-ring (bicyclic) bond motifs is 5. The minimum absolute atomic E-state index is 0.0252. The molecule has 2 aromatic carbocycles.